The van der Waals surface area contributed by atoms with E-state index in [9.17, 15) is 4.21 Å². The highest BCUT2D eigenvalue weighted by Crippen LogP contribution is 2.24. The minimum atomic E-state index is -1.09. The van der Waals surface area contributed by atoms with E-state index >= 15 is 0 Å². The van der Waals surface area contributed by atoms with Crippen molar-refractivity contribution in [3.05, 3.63) is 58.7 Å². The van der Waals surface area contributed by atoms with Gasteiger partial charge in [0.05, 0.1) is 10.8 Å². The van der Waals surface area contributed by atoms with Crippen LogP contribution in [0.2, 0.25) is 0 Å². The Morgan fingerprint density at radius 2 is 1.11 bits per heavy atom. The maximum absolute atomic E-state index is 12.7. The van der Waals surface area contributed by atoms with Gasteiger partial charge in [-0.1, -0.05) is 24.3 Å². The van der Waals surface area contributed by atoms with Gasteiger partial charge in [0.15, 0.2) is 0 Å². The summed E-state index contributed by atoms with van der Waals surface area (Å²) in [5.74, 6) is 0. The molecule has 0 bridgehead atoms. The lowest BCUT2D eigenvalue weighted by Gasteiger charge is -2.10. The summed E-state index contributed by atoms with van der Waals surface area (Å²) in [6.45, 7) is 8.09. The lowest BCUT2D eigenvalue weighted by atomic mass is 10.2. The number of hydrogen-bond donors (Lipinski definition) is 0. The number of hydrogen-bond acceptors (Lipinski definition) is 1. The molecule has 0 saturated carbocycles. The molecule has 2 aromatic carbocycles. The van der Waals surface area contributed by atoms with Crippen LogP contribution in [0.5, 0.6) is 0 Å². The number of aryl methyl sites for hydroxylation is 4. The first-order valence-corrected chi connectivity index (χ1v) is 7.20. The van der Waals surface area contributed by atoms with Crippen molar-refractivity contribution < 1.29 is 4.21 Å². The van der Waals surface area contributed by atoms with Gasteiger partial charge in [0.1, 0.15) is 0 Å². The van der Waals surface area contributed by atoms with Crippen LogP contribution in [0.15, 0.2) is 46.2 Å². The Kier molecular flexibility index (Phi) is 3.67. The van der Waals surface area contributed by atoms with Gasteiger partial charge in [-0.3, -0.25) is 0 Å². The van der Waals surface area contributed by atoms with E-state index in [-0.39, 0.29) is 0 Å². The third kappa shape index (κ3) is 2.54. The van der Waals surface area contributed by atoms with Gasteiger partial charge in [-0.15, -0.1) is 0 Å². The van der Waals surface area contributed by atoms with E-state index in [1.807, 2.05) is 52.0 Å². The molecule has 0 aliphatic carbocycles. The van der Waals surface area contributed by atoms with Gasteiger partial charge in [0.2, 0.25) is 0 Å². The molecule has 0 amide bonds. The summed E-state index contributed by atoms with van der Waals surface area (Å²) >= 11 is 0. The maximum atomic E-state index is 12.7. The Hall–Kier alpha value is -1.41. The van der Waals surface area contributed by atoms with E-state index in [0.29, 0.717) is 0 Å². The SMILES string of the molecule is Cc1ccc(C)c(S(=O)c2cc(C)ccc2C)c1. The predicted molar refractivity (Wildman–Crippen MR) is 76.5 cm³/mol. The van der Waals surface area contributed by atoms with Crippen LogP contribution in [0.1, 0.15) is 22.3 Å². The molecule has 0 atom stereocenters. The molecule has 0 N–H and O–H groups in total. The highest BCUT2D eigenvalue weighted by Gasteiger charge is 2.12. The summed E-state index contributed by atoms with van der Waals surface area (Å²) in [5.41, 5.74) is 4.46. The van der Waals surface area contributed by atoms with E-state index in [1.54, 1.807) is 0 Å². The molecule has 0 aromatic heterocycles. The van der Waals surface area contributed by atoms with E-state index in [4.69, 9.17) is 0 Å². The van der Waals surface area contributed by atoms with E-state index in [0.717, 1.165) is 32.0 Å². The zero-order valence-corrected chi connectivity index (χ0v) is 12.1. The van der Waals surface area contributed by atoms with Gasteiger partial charge in [-0.25, -0.2) is 4.21 Å². The standard InChI is InChI=1S/C16H18OS/c1-11-5-7-13(3)15(9-11)18(17)16-10-12(2)6-8-14(16)4/h5-10H,1-4H3. The smallest absolute Gasteiger partial charge is 0.0855 e. The van der Waals surface area contributed by atoms with Crippen LogP contribution in [0.3, 0.4) is 0 Å². The Morgan fingerprint density at radius 3 is 1.50 bits per heavy atom. The molecular formula is C16H18OS. The average molecular weight is 258 g/mol. The second kappa shape index (κ2) is 5.07. The van der Waals surface area contributed by atoms with Crippen molar-refractivity contribution in [2.45, 2.75) is 37.5 Å². The summed E-state index contributed by atoms with van der Waals surface area (Å²) in [7, 11) is -1.09. The fourth-order valence-corrected chi connectivity index (χ4v) is 3.48. The first-order valence-electron chi connectivity index (χ1n) is 6.05. The van der Waals surface area contributed by atoms with Gasteiger partial charge in [0.25, 0.3) is 0 Å². The predicted octanol–water partition coefficient (Wildman–Crippen LogP) is 4.09. The molecular weight excluding hydrogens is 240 g/mol. The molecule has 2 heteroatoms. The van der Waals surface area contributed by atoms with Crippen LogP contribution in [-0.4, -0.2) is 4.21 Å². The molecule has 2 rings (SSSR count). The van der Waals surface area contributed by atoms with Gasteiger partial charge >= 0.3 is 0 Å². The quantitative estimate of drug-likeness (QED) is 0.793. The second-order valence-corrected chi connectivity index (χ2v) is 6.22. The highest BCUT2D eigenvalue weighted by molar-refractivity contribution is 7.85. The maximum Gasteiger partial charge on any atom is 0.0855 e. The van der Waals surface area contributed by atoms with Crippen LogP contribution in [-0.2, 0) is 10.8 Å². The fourth-order valence-electron chi connectivity index (χ4n) is 1.93. The molecule has 0 heterocycles. The van der Waals surface area contributed by atoms with Crippen molar-refractivity contribution >= 4 is 10.8 Å². The fraction of sp³-hybridized carbons (Fsp3) is 0.250. The van der Waals surface area contributed by atoms with E-state index in [2.05, 4.69) is 12.1 Å². The second-order valence-electron chi connectivity index (χ2n) is 4.81. The topological polar surface area (TPSA) is 17.1 Å². The van der Waals surface area contributed by atoms with Crippen molar-refractivity contribution in [2.24, 2.45) is 0 Å². The molecule has 0 saturated heterocycles. The van der Waals surface area contributed by atoms with Crippen LogP contribution >= 0.6 is 0 Å². The minimum absolute atomic E-state index is 0.920. The normalized spacial score (nSPS) is 10.9. The van der Waals surface area contributed by atoms with E-state index < -0.39 is 10.8 Å². The molecule has 94 valence electrons. The van der Waals surface area contributed by atoms with Crippen LogP contribution in [0.4, 0.5) is 0 Å². The molecule has 0 aliphatic rings. The van der Waals surface area contributed by atoms with Crippen molar-refractivity contribution in [1.82, 2.24) is 0 Å². The molecule has 18 heavy (non-hydrogen) atoms. The monoisotopic (exact) mass is 258 g/mol. The minimum Gasteiger partial charge on any atom is -0.249 e. The van der Waals surface area contributed by atoms with Crippen LogP contribution in [0.25, 0.3) is 0 Å². The first kappa shape index (κ1) is 13.0. The van der Waals surface area contributed by atoms with Gasteiger partial charge in [-0.05, 0) is 62.1 Å². The van der Waals surface area contributed by atoms with Crippen LogP contribution in [0, 0.1) is 27.7 Å². The zero-order chi connectivity index (χ0) is 13.3. The molecule has 0 aliphatic heterocycles. The molecule has 2 aromatic rings. The van der Waals surface area contributed by atoms with Crippen molar-refractivity contribution in [3.63, 3.8) is 0 Å². The Bertz CT molecular complexity index is 561. The Balaban J connectivity index is 2.54. The molecule has 0 radical (unpaired) electrons. The molecule has 0 unspecified atom stereocenters. The molecule has 0 fully saturated rings. The highest BCUT2D eigenvalue weighted by atomic mass is 32.2. The Labute approximate surface area is 111 Å². The summed E-state index contributed by atoms with van der Waals surface area (Å²) in [4.78, 5) is 1.84. The Morgan fingerprint density at radius 1 is 0.722 bits per heavy atom. The first-order chi connectivity index (χ1) is 8.49. The summed E-state index contributed by atoms with van der Waals surface area (Å²) < 4.78 is 12.7. The van der Waals surface area contributed by atoms with E-state index in [1.165, 1.54) is 0 Å². The van der Waals surface area contributed by atoms with Gasteiger partial charge < -0.3 is 0 Å². The molecule has 1 nitrogen and oxygen atoms in total. The van der Waals surface area contributed by atoms with Crippen molar-refractivity contribution in [2.75, 3.05) is 0 Å². The van der Waals surface area contributed by atoms with Crippen molar-refractivity contribution in [1.29, 1.82) is 0 Å². The van der Waals surface area contributed by atoms with Crippen LogP contribution < -0.4 is 0 Å². The largest absolute Gasteiger partial charge is 0.249 e. The number of rotatable bonds is 2. The third-order valence-corrected chi connectivity index (χ3v) is 4.77. The average Bonchev–Trinajstić information content (AvgIpc) is 2.34. The number of benzene rings is 2. The van der Waals surface area contributed by atoms with Crippen molar-refractivity contribution in [3.8, 4) is 0 Å². The summed E-state index contributed by atoms with van der Waals surface area (Å²) in [6, 6.07) is 12.2. The summed E-state index contributed by atoms with van der Waals surface area (Å²) in [6.07, 6.45) is 0. The lowest BCUT2D eigenvalue weighted by molar-refractivity contribution is 0.682. The third-order valence-electron chi connectivity index (χ3n) is 3.09. The van der Waals surface area contributed by atoms with Gasteiger partial charge in [0, 0.05) is 9.79 Å². The van der Waals surface area contributed by atoms with Gasteiger partial charge in [-0.2, -0.15) is 0 Å². The lowest BCUT2D eigenvalue weighted by Crippen LogP contribution is -1.99. The molecule has 0 spiro atoms. The zero-order valence-electron chi connectivity index (χ0n) is 11.3. The summed E-state index contributed by atoms with van der Waals surface area (Å²) in [5, 5.41) is 0.